The van der Waals surface area contributed by atoms with Gasteiger partial charge < -0.3 is 30.6 Å². The summed E-state index contributed by atoms with van der Waals surface area (Å²) in [5, 5.41) is 58.0. The Hall–Kier alpha value is -4.53. The van der Waals surface area contributed by atoms with E-state index in [9.17, 15) is 45.0 Å². The molecule has 3 rings (SSSR count). The van der Waals surface area contributed by atoms with Crippen LogP contribution < -0.4 is 0 Å². The first-order chi connectivity index (χ1) is 15.0. The van der Waals surface area contributed by atoms with E-state index in [1.807, 2.05) is 0 Å². The zero-order valence-corrected chi connectivity index (χ0v) is 16.6. The second kappa shape index (κ2) is 7.95. The number of hydrogen-bond acceptors (Lipinski definition) is 6. The summed E-state index contributed by atoms with van der Waals surface area (Å²) >= 11 is 0. The maximum atomic E-state index is 11.6. The fraction of sp³-hybridized carbons (Fsp3) is 0.0870. The van der Waals surface area contributed by atoms with Gasteiger partial charge >= 0.3 is 17.9 Å². The highest BCUT2D eigenvalue weighted by molar-refractivity contribution is 5.93. The van der Waals surface area contributed by atoms with Crippen molar-refractivity contribution in [2.24, 2.45) is 0 Å². The van der Waals surface area contributed by atoms with Crippen LogP contribution in [0.15, 0.2) is 54.6 Å². The molecule has 0 saturated carbocycles. The van der Waals surface area contributed by atoms with Crippen LogP contribution in [-0.2, 0) is 5.41 Å². The maximum Gasteiger partial charge on any atom is 0.339 e. The minimum atomic E-state index is -1.40. The van der Waals surface area contributed by atoms with Gasteiger partial charge in [-0.3, -0.25) is 0 Å². The Morgan fingerprint density at radius 1 is 0.562 bits per heavy atom. The van der Waals surface area contributed by atoms with Crippen LogP contribution in [0.2, 0.25) is 0 Å². The predicted octanol–water partition coefficient (Wildman–Crippen LogP) is 3.25. The third-order valence-electron chi connectivity index (χ3n) is 5.41. The summed E-state index contributed by atoms with van der Waals surface area (Å²) in [6, 6.07) is 11.3. The predicted molar refractivity (Wildman–Crippen MR) is 111 cm³/mol. The quantitative estimate of drug-likeness (QED) is 0.316. The lowest BCUT2D eigenvalue weighted by atomic mass is 9.70. The molecule has 0 saturated heterocycles. The van der Waals surface area contributed by atoms with Gasteiger partial charge in [-0.1, -0.05) is 18.2 Å². The Morgan fingerprint density at radius 3 is 1.03 bits per heavy atom. The minimum Gasteiger partial charge on any atom is -0.507 e. The molecule has 0 spiro atoms. The molecule has 0 amide bonds. The summed E-state index contributed by atoms with van der Waals surface area (Å²) in [4.78, 5) is 34.7. The zero-order chi connectivity index (χ0) is 23.8. The molecule has 32 heavy (non-hydrogen) atoms. The fourth-order valence-corrected chi connectivity index (χ4v) is 3.56. The Morgan fingerprint density at radius 2 is 0.812 bits per heavy atom. The average molecular weight is 438 g/mol. The van der Waals surface area contributed by atoms with Crippen LogP contribution in [0.4, 0.5) is 0 Å². The lowest BCUT2D eigenvalue weighted by Crippen LogP contribution is -2.26. The van der Waals surface area contributed by atoms with Crippen molar-refractivity contribution in [2.45, 2.75) is 12.3 Å². The monoisotopic (exact) mass is 438 g/mol. The number of carboxylic acids is 3. The van der Waals surface area contributed by atoms with Gasteiger partial charge in [-0.2, -0.15) is 0 Å². The van der Waals surface area contributed by atoms with Gasteiger partial charge in [0, 0.05) is 5.41 Å². The Labute approximate surface area is 181 Å². The molecular formula is C23H18O9. The molecule has 6 N–H and O–H groups in total. The number of rotatable bonds is 6. The third kappa shape index (κ3) is 3.67. The molecule has 0 bridgehead atoms. The lowest BCUT2D eigenvalue weighted by molar-refractivity contribution is 0.0682. The van der Waals surface area contributed by atoms with Crippen LogP contribution in [0, 0.1) is 0 Å². The maximum absolute atomic E-state index is 11.6. The number of carbonyl (C=O) groups is 3. The van der Waals surface area contributed by atoms with Crippen LogP contribution >= 0.6 is 0 Å². The van der Waals surface area contributed by atoms with Gasteiger partial charge in [0.1, 0.15) is 33.9 Å². The lowest BCUT2D eigenvalue weighted by Gasteiger charge is -2.33. The summed E-state index contributed by atoms with van der Waals surface area (Å²) in [5.41, 5.74) is -1.71. The number of benzene rings is 3. The highest BCUT2D eigenvalue weighted by atomic mass is 16.4. The number of hydrogen-bond donors (Lipinski definition) is 6. The third-order valence-corrected chi connectivity index (χ3v) is 5.41. The van der Waals surface area contributed by atoms with E-state index in [1.165, 1.54) is 36.4 Å². The first-order valence-electron chi connectivity index (χ1n) is 9.17. The highest BCUT2D eigenvalue weighted by Crippen LogP contribution is 2.42. The summed E-state index contributed by atoms with van der Waals surface area (Å²) in [7, 11) is 0. The molecule has 0 aromatic heterocycles. The molecule has 0 unspecified atom stereocenters. The van der Waals surface area contributed by atoms with Crippen molar-refractivity contribution in [1.29, 1.82) is 0 Å². The molecule has 3 aromatic carbocycles. The molecule has 3 aromatic rings. The Balaban J connectivity index is 2.40. The van der Waals surface area contributed by atoms with E-state index in [4.69, 9.17) is 0 Å². The SMILES string of the molecule is CC(c1ccc(O)c(C(=O)O)c1)(c1ccc(O)c(C(=O)O)c1)c1ccc(O)c(C(=O)O)c1. The standard InChI is InChI=1S/C23H18O9/c1-23(11-2-5-17(24)14(8-11)20(27)28,12-3-6-18(25)15(9-12)21(29)30)13-4-7-19(26)16(10-13)22(31)32/h2-10,24-26H,1H3,(H,27,28)(H,29,30)(H,31,32). The number of aromatic carboxylic acids is 3. The number of phenols is 3. The van der Waals surface area contributed by atoms with Crippen molar-refractivity contribution in [1.82, 2.24) is 0 Å². The minimum absolute atomic E-state index is 0.289. The van der Waals surface area contributed by atoms with Crippen molar-refractivity contribution >= 4 is 17.9 Å². The van der Waals surface area contributed by atoms with Gasteiger partial charge in [0.15, 0.2) is 0 Å². The molecule has 0 atom stereocenters. The van der Waals surface area contributed by atoms with E-state index in [2.05, 4.69) is 0 Å². The molecule has 0 aliphatic rings. The summed E-state index contributed by atoms with van der Waals surface area (Å²) in [6.45, 7) is 1.60. The van der Waals surface area contributed by atoms with Gasteiger partial charge in [-0.25, -0.2) is 14.4 Å². The molecule has 0 aliphatic heterocycles. The van der Waals surface area contributed by atoms with E-state index < -0.39 is 57.3 Å². The molecule has 9 nitrogen and oxygen atoms in total. The van der Waals surface area contributed by atoms with E-state index in [-0.39, 0.29) is 16.7 Å². The topological polar surface area (TPSA) is 173 Å². The molecule has 164 valence electrons. The van der Waals surface area contributed by atoms with E-state index in [1.54, 1.807) is 6.92 Å². The first-order valence-corrected chi connectivity index (χ1v) is 9.17. The van der Waals surface area contributed by atoms with Crippen LogP contribution in [0.5, 0.6) is 17.2 Å². The van der Waals surface area contributed by atoms with Crippen molar-refractivity contribution in [3.63, 3.8) is 0 Å². The van der Waals surface area contributed by atoms with Crippen molar-refractivity contribution < 1.29 is 45.0 Å². The Kier molecular flexibility index (Phi) is 5.51. The molecule has 0 radical (unpaired) electrons. The van der Waals surface area contributed by atoms with Crippen LogP contribution in [0.1, 0.15) is 54.7 Å². The fourth-order valence-electron chi connectivity index (χ4n) is 3.56. The highest BCUT2D eigenvalue weighted by Gasteiger charge is 2.34. The largest absolute Gasteiger partial charge is 0.507 e. The van der Waals surface area contributed by atoms with Crippen LogP contribution in [0.25, 0.3) is 0 Å². The molecular weight excluding hydrogens is 420 g/mol. The zero-order valence-electron chi connectivity index (χ0n) is 16.6. The van der Waals surface area contributed by atoms with Crippen LogP contribution in [0.3, 0.4) is 0 Å². The second-order valence-electron chi connectivity index (χ2n) is 7.24. The van der Waals surface area contributed by atoms with Crippen molar-refractivity contribution in [3.8, 4) is 17.2 Å². The summed E-state index contributed by atoms with van der Waals surface area (Å²) in [5.74, 6) is -5.67. The molecule has 0 aliphatic carbocycles. The average Bonchev–Trinajstić information content (AvgIpc) is 2.73. The summed E-state index contributed by atoms with van der Waals surface area (Å²) in [6.07, 6.45) is 0. The van der Waals surface area contributed by atoms with Gasteiger partial charge in [-0.05, 0) is 60.0 Å². The molecule has 0 fully saturated rings. The summed E-state index contributed by atoms with van der Waals surface area (Å²) < 4.78 is 0. The molecule has 9 heteroatoms. The first kappa shape index (κ1) is 22.2. The van der Waals surface area contributed by atoms with Gasteiger partial charge in [0.05, 0.1) is 0 Å². The normalized spacial score (nSPS) is 11.2. The van der Waals surface area contributed by atoms with E-state index in [0.29, 0.717) is 0 Å². The smallest absolute Gasteiger partial charge is 0.339 e. The van der Waals surface area contributed by atoms with Gasteiger partial charge in [0.2, 0.25) is 0 Å². The van der Waals surface area contributed by atoms with E-state index in [0.717, 1.165) is 18.2 Å². The van der Waals surface area contributed by atoms with Crippen molar-refractivity contribution in [3.05, 3.63) is 88.0 Å². The van der Waals surface area contributed by atoms with E-state index >= 15 is 0 Å². The number of carboxylic acid groups (broad SMARTS) is 3. The molecule has 0 heterocycles. The van der Waals surface area contributed by atoms with Crippen molar-refractivity contribution in [2.75, 3.05) is 0 Å². The number of aromatic hydroxyl groups is 3. The van der Waals surface area contributed by atoms with Gasteiger partial charge in [-0.15, -0.1) is 0 Å². The van der Waals surface area contributed by atoms with Gasteiger partial charge in [0.25, 0.3) is 0 Å². The van der Waals surface area contributed by atoms with Crippen LogP contribution in [-0.4, -0.2) is 48.5 Å². The Bertz CT molecular complexity index is 1110. The second-order valence-corrected chi connectivity index (χ2v) is 7.24.